The fourth-order valence-corrected chi connectivity index (χ4v) is 5.23. The summed E-state index contributed by atoms with van der Waals surface area (Å²) in [5.74, 6) is 1.18. The standard InChI is InChI=1S/C27H25ClN10O3/c1-36-23(39)12-38(27(36)41)19-6-15(14-2-3-14)10-37-11-16(33-25(19)37)9-30-21-8-22(32-13-31-21)35-26(40)18-7-17(18)24-29-5-4-20(28)34-24/h4-6,8,10-11,13-14,17-18H,2-3,7,9,12H2,1H3,(H2,30,31,32,35,40)/t17-,18-/m0/s1. The fourth-order valence-electron chi connectivity index (χ4n) is 5.08. The number of rotatable bonds is 8. The number of pyridine rings is 1. The summed E-state index contributed by atoms with van der Waals surface area (Å²) in [5.41, 5.74) is 3.06. The van der Waals surface area contributed by atoms with Gasteiger partial charge in [0.1, 0.15) is 35.5 Å². The van der Waals surface area contributed by atoms with Crippen molar-refractivity contribution in [3.8, 4) is 0 Å². The van der Waals surface area contributed by atoms with Gasteiger partial charge in [-0.1, -0.05) is 11.6 Å². The summed E-state index contributed by atoms with van der Waals surface area (Å²) in [6.07, 6.45) is 9.75. The Morgan fingerprint density at radius 1 is 1.10 bits per heavy atom. The van der Waals surface area contributed by atoms with Gasteiger partial charge in [-0.2, -0.15) is 0 Å². The van der Waals surface area contributed by atoms with Crippen molar-refractivity contribution in [2.75, 3.05) is 29.1 Å². The van der Waals surface area contributed by atoms with Crippen molar-refractivity contribution in [3.05, 3.63) is 65.4 Å². The van der Waals surface area contributed by atoms with Crippen LogP contribution in [0.1, 0.15) is 48.2 Å². The zero-order valence-corrected chi connectivity index (χ0v) is 22.7. The predicted molar refractivity (Wildman–Crippen MR) is 149 cm³/mol. The van der Waals surface area contributed by atoms with Crippen molar-refractivity contribution in [2.24, 2.45) is 5.92 Å². The molecule has 7 rings (SSSR count). The Bertz CT molecular complexity index is 1720. The van der Waals surface area contributed by atoms with E-state index in [4.69, 9.17) is 16.6 Å². The molecule has 2 N–H and O–H groups in total. The molecule has 2 atom stereocenters. The van der Waals surface area contributed by atoms with Crippen LogP contribution in [0.15, 0.2) is 43.1 Å². The van der Waals surface area contributed by atoms with Gasteiger partial charge >= 0.3 is 6.03 Å². The number of imidazole rings is 1. The largest absolute Gasteiger partial charge is 0.364 e. The van der Waals surface area contributed by atoms with E-state index in [0.717, 1.165) is 29.0 Å². The van der Waals surface area contributed by atoms with Crippen LogP contribution in [0, 0.1) is 5.92 Å². The number of hydrogen-bond donors (Lipinski definition) is 2. The Labute approximate surface area is 239 Å². The molecular formula is C27H25ClN10O3. The first-order chi connectivity index (χ1) is 19.8. The lowest BCUT2D eigenvalue weighted by Crippen LogP contribution is -2.30. The van der Waals surface area contributed by atoms with Crippen LogP contribution in [0.4, 0.5) is 22.1 Å². The number of halogens is 1. The number of carbonyl (C=O) groups is 3. The highest BCUT2D eigenvalue weighted by Crippen LogP contribution is 2.46. The maximum atomic E-state index is 12.8. The second-order valence-corrected chi connectivity index (χ2v) is 10.9. The van der Waals surface area contributed by atoms with Crippen LogP contribution in [0.25, 0.3) is 5.65 Å². The molecule has 1 aliphatic heterocycles. The highest BCUT2D eigenvalue weighted by molar-refractivity contribution is 6.29. The third-order valence-corrected chi connectivity index (χ3v) is 7.81. The second-order valence-electron chi connectivity index (χ2n) is 10.5. The van der Waals surface area contributed by atoms with Crippen LogP contribution in [-0.2, 0) is 16.1 Å². The number of aromatic nitrogens is 6. The second kappa shape index (κ2) is 9.77. The van der Waals surface area contributed by atoms with Gasteiger partial charge in [-0.15, -0.1) is 0 Å². The molecule has 1 saturated heterocycles. The van der Waals surface area contributed by atoms with Gasteiger partial charge in [0.2, 0.25) is 11.8 Å². The maximum Gasteiger partial charge on any atom is 0.331 e. The molecule has 0 aromatic carbocycles. The molecule has 208 valence electrons. The van der Waals surface area contributed by atoms with Gasteiger partial charge in [0, 0.05) is 43.5 Å². The smallest absolute Gasteiger partial charge is 0.331 e. The lowest BCUT2D eigenvalue weighted by Gasteiger charge is -2.17. The molecular weight excluding hydrogens is 548 g/mol. The number of amides is 4. The predicted octanol–water partition coefficient (Wildman–Crippen LogP) is 3.20. The van der Waals surface area contributed by atoms with Gasteiger partial charge < -0.3 is 15.0 Å². The van der Waals surface area contributed by atoms with E-state index in [1.54, 1.807) is 18.3 Å². The summed E-state index contributed by atoms with van der Waals surface area (Å²) >= 11 is 5.95. The Kier molecular flexibility index (Phi) is 6.03. The Morgan fingerprint density at radius 3 is 2.68 bits per heavy atom. The summed E-state index contributed by atoms with van der Waals surface area (Å²) in [6.45, 7) is 0.330. The first kappa shape index (κ1) is 25.3. The molecule has 13 nitrogen and oxygen atoms in total. The van der Waals surface area contributed by atoms with Gasteiger partial charge in [0.05, 0.1) is 17.9 Å². The number of anilines is 3. The summed E-state index contributed by atoms with van der Waals surface area (Å²) in [6, 6.07) is 4.87. The molecule has 4 amide bonds. The van der Waals surface area contributed by atoms with Crippen molar-refractivity contribution in [1.82, 2.24) is 34.2 Å². The van der Waals surface area contributed by atoms with Crippen LogP contribution in [0.2, 0.25) is 5.15 Å². The highest BCUT2D eigenvalue weighted by Gasteiger charge is 2.46. The molecule has 3 fully saturated rings. The number of carbonyl (C=O) groups excluding carboxylic acids is 3. The Hall–Kier alpha value is -4.65. The van der Waals surface area contributed by atoms with Crippen molar-refractivity contribution >= 4 is 52.4 Å². The van der Waals surface area contributed by atoms with Crippen molar-refractivity contribution < 1.29 is 14.4 Å². The average Bonchev–Trinajstić information content (AvgIpc) is 3.89. The highest BCUT2D eigenvalue weighted by atomic mass is 35.5. The topological polar surface area (TPSA) is 151 Å². The first-order valence-corrected chi connectivity index (χ1v) is 13.7. The average molecular weight is 573 g/mol. The molecule has 4 aromatic rings. The van der Waals surface area contributed by atoms with Gasteiger partial charge in [-0.3, -0.25) is 19.4 Å². The number of fused-ring (bicyclic) bond motifs is 1. The van der Waals surface area contributed by atoms with E-state index in [1.807, 2.05) is 22.9 Å². The van der Waals surface area contributed by atoms with E-state index in [0.29, 0.717) is 52.8 Å². The maximum absolute atomic E-state index is 12.8. The van der Waals surface area contributed by atoms with Crippen molar-refractivity contribution in [2.45, 2.75) is 37.6 Å². The molecule has 0 unspecified atom stereocenters. The molecule has 3 aliphatic rings. The number of nitrogens with one attached hydrogen (secondary N) is 2. The quantitative estimate of drug-likeness (QED) is 0.239. The molecule has 0 bridgehead atoms. The fraction of sp³-hybridized carbons (Fsp3) is 0.333. The zero-order valence-electron chi connectivity index (χ0n) is 22.0. The summed E-state index contributed by atoms with van der Waals surface area (Å²) < 4.78 is 1.91. The van der Waals surface area contributed by atoms with Crippen molar-refractivity contribution in [3.63, 3.8) is 0 Å². The zero-order chi connectivity index (χ0) is 28.2. The summed E-state index contributed by atoms with van der Waals surface area (Å²) in [5, 5.41) is 6.42. The Balaban J connectivity index is 1.05. The SMILES string of the molecule is CN1C(=O)CN(c2cc(C3CC3)cn3cc(CNc4cc(NC(=O)[C@H]5C[C@@H]5c5nccc(Cl)n5)ncn4)nc23)C1=O. The van der Waals surface area contributed by atoms with Gasteiger partial charge in [0.15, 0.2) is 5.65 Å². The number of nitrogens with zero attached hydrogens (tertiary/aromatic N) is 8. The number of urea groups is 1. The van der Waals surface area contributed by atoms with E-state index >= 15 is 0 Å². The van der Waals surface area contributed by atoms with Crippen LogP contribution < -0.4 is 15.5 Å². The lowest BCUT2D eigenvalue weighted by atomic mass is 10.1. The minimum absolute atomic E-state index is 0.0112. The van der Waals surface area contributed by atoms with Gasteiger partial charge in [0.25, 0.3) is 0 Å². The minimum Gasteiger partial charge on any atom is -0.364 e. The third-order valence-electron chi connectivity index (χ3n) is 7.60. The van der Waals surface area contributed by atoms with Crippen LogP contribution >= 0.6 is 11.6 Å². The first-order valence-electron chi connectivity index (χ1n) is 13.3. The normalized spacial score (nSPS) is 20.1. The van der Waals surface area contributed by atoms with E-state index in [-0.39, 0.29) is 36.2 Å². The Morgan fingerprint density at radius 2 is 1.93 bits per heavy atom. The summed E-state index contributed by atoms with van der Waals surface area (Å²) in [4.78, 5) is 62.0. The van der Waals surface area contributed by atoms with Crippen LogP contribution in [-0.4, -0.2) is 65.7 Å². The van der Waals surface area contributed by atoms with Crippen LogP contribution in [0.5, 0.6) is 0 Å². The van der Waals surface area contributed by atoms with Crippen LogP contribution in [0.3, 0.4) is 0 Å². The van der Waals surface area contributed by atoms with E-state index < -0.39 is 0 Å². The molecule has 5 heterocycles. The summed E-state index contributed by atoms with van der Waals surface area (Å²) in [7, 11) is 1.49. The third kappa shape index (κ3) is 4.92. The molecule has 41 heavy (non-hydrogen) atoms. The molecule has 14 heteroatoms. The lowest BCUT2D eigenvalue weighted by molar-refractivity contribution is -0.124. The molecule has 0 radical (unpaired) electrons. The van der Waals surface area contributed by atoms with E-state index in [1.165, 1.54) is 18.3 Å². The number of likely N-dealkylation sites (N-methyl/N-ethyl adjacent to an activating group) is 1. The molecule has 2 saturated carbocycles. The molecule has 0 spiro atoms. The molecule has 2 aliphatic carbocycles. The molecule has 4 aromatic heterocycles. The van der Waals surface area contributed by atoms with Gasteiger partial charge in [-0.05, 0) is 42.9 Å². The van der Waals surface area contributed by atoms with Gasteiger partial charge in [-0.25, -0.2) is 29.7 Å². The van der Waals surface area contributed by atoms with Crippen molar-refractivity contribution in [1.29, 1.82) is 0 Å². The number of imide groups is 1. The minimum atomic E-state index is -0.360. The van der Waals surface area contributed by atoms with E-state index in [9.17, 15) is 14.4 Å². The monoisotopic (exact) mass is 572 g/mol. The van der Waals surface area contributed by atoms with E-state index in [2.05, 4.69) is 30.6 Å². The number of hydrogen-bond acceptors (Lipinski definition) is 9.